The Kier molecular flexibility index (Phi) is 9.59. The summed E-state index contributed by atoms with van der Waals surface area (Å²) in [5.74, 6) is 0.614. The fraction of sp³-hybridized carbons (Fsp3) is 0.450. The molecule has 0 amide bonds. The summed E-state index contributed by atoms with van der Waals surface area (Å²) < 4.78 is 38.1. The molecule has 3 rings (SSSR count). The van der Waals surface area contributed by atoms with Crippen molar-refractivity contribution in [1.29, 1.82) is 0 Å². The third-order valence-electron chi connectivity index (χ3n) is 4.83. The topological polar surface area (TPSA) is 77.5 Å². The molecule has 1 fully saturated rings. The molecule has 1 aliphatic rings. The van der Waals surface area contributed by atoms with Crippen LogP contribution in [0.2, 0.25) is 0 Å². The molecule has 11 heteroatoms. The van der Waals surface area contributed by atoms with Crippen molar-refractivity contribution in [2.24, 2.45) is 4.99 Å². The quantitative estimate of drug-likeness (QED) is 0.222. The van der Waals surface area contributed by atoms with E-state index in [1.54, 1.807) is 7.05 Å². The molecule has 1 aromatic heterocycles. The van der Waals surface area contributed by atoms with Crippen LogP contribution in [-0.2, 0) is 6.18 Å². The highest BCUT2D eigenvalue weighted by Gasteiger charge is 2.32. The van der Waals surface area contributed by atoms with Crippen LogP contribution in [0.1, 0.15) is 18.5 Å². The molecule has 3 N–H and O–H groups in total. The van der Waals surface area contributed by atoms with Crippen LogP contribution in [0.5, 0.6) is 0 Å². The average Bonchev–Trinajstić information content (AvgIpc) is 2.76. The van der Waals surface area contributed by atoms with E-state index >= 15 is 0 Å². The first kappa shape index (κ1) is 25.0. The molecule has 1 aliphatic heterocycles. The number of para-hydroxylation sites is 1. The van der Waals surface area contributed by atoms with Gasteiger partial charge in [-0.15, -0.1) is 24.0 Å². The van der Waals surface area contributed by atoms with Gasteiger partial charge in [0.05, 0.1) is 0 Å². The minimum Gasteiger partial charge on any atom is -0.371 e. The van der Waals surface area contributed by atoms with Gasteiger partial charge in [-0.2, -0.15) is 13.2 Å². The van der Waals surface area contributed by atoms with Crippen LogP contribution < -0.4 is 20.9 Å². The number of hydrogen-bond donors (Lipinski definition) is 3. The Bertz CT molecular complexity index is 825. The molecule has 1 saturated heterocycles. The third kappa shape index (κ3) is 7.71. The predicted molar refractivity (Wildman–Crippen MR) is 127 cm³/mol. The van der Waals surface area contributed by atoms with Gasteiger partial charge >= 0.3 is 6.18 Å². The Morgan fingerprint density at radius 2 is 1.84 bits per heavy atom. The zero-order valence-electron chi connectivity index (χ0n) is 17.2. The number of aromatic nitrogens is 2. The molecule has 0 radical (unpaired) electrons. The van der Waals surface area contributed by atoms with Crippen molar-refractivity contribution in [1.82, 2.24) is 20.6 Å². The van der Waals surface area contributed by atoms with Crippen molar-refractivity contribution in [2.75, 3.05) is 43.4 Å². The summed E-state index contributed by atoms with van der Waals surface area (Å²) in [4.78, 5) is 13.9. The van der Waals surface area contributed by atoms with Gasteiger partial charge in [0, 0.05) is 51.2 Å². The van der Waals surface area contributed by atoms with Crippen molar-refractivity contribution in [3.05, 3.63) is 48.3 Å². The number of hydrogen-bond acceptors (Lipinski definition) is 5. The zero-order valence-corrected chi connectivity index (χ0v) is 19.5. The maximum Gasteiger partial charge on any atom is 0.433 e. The van der Waals surface area contributed by atoms with E-state index in [1.165, 1.54) is 5.69 Å². The Labute approximate surface area is 197 Å². The lowest BCUT2D eigenvalue weighted by molar-refractivity contribution is -0.141. The number of aliphatic imine (C=N–C) groups is 1. The van der Waals surface area contributed by atoms with Crippen LogP contribution >= 0.6 is 24.0 Å². The fourth-order valence-electron chi connectivity index (χ4n) is 3.27. The molecule has 170 valence electrons. The zero-order chi connectivity index (χ0) is 21.4. The maximum absolute atomic E-state index is 12.7. The summed E-state index contributed by atoms with van der Waals surface area (Å²) in [5.41, 5.74) is 0.272. The van der Waals surface area contributed by atoms with Gasteiger partial charge in [0.2, 0.25) is 5.95 Å². The molecule has 0 aliphatic carbocycles. The number of piperidine rings is 1. The summed E-state index contributed by atoms with van der Waals surface area (Å²) in [7, 11) is 1.69. The van der Waals surface area contributed by atoms with E-state index in [-0.39, 0.29) is 29.9 Å². The first-order valence-corrected chi connectivity index (χ1v) is 9.87. The van der Waals surface area contributed by atoms with Gasteiger partial charge in [-0.3, -0.25) is 4.99 Å². The number of rotatable bonds is 6. The summed E-state index contributed by atoms with van der Waals surface area (Å²) in [6, 6.07) is 11.5. The number of halogens is 4. The van der Waals surface area contributed by atoms with Gasteiger partial charge < -0.3 is 20.9 Å². The average molecular weight is 549 g/mol. The smallest absolute Gasteiger partial charge is 0.371 e. The Morgan fingerprint density at radius 3 is 2.48 bits per heavy atom. The first-order chi connectivity index (χ1) is 14.5. The SMILES string of the molecule is CN=C(NCCNc1nccc(C(F)(F)F)n1)NC1CCN(c2ccccc2)CC1.I. The van der Waals surface area contributed by atoms with Crippen molar-refractivity contribution < 1.29 is 13.2 Å². The van der Waals surface area contributed by atoms with Gasteiger partial charge in [-0.05, 0) is 31.0 Å². The molecule has 0 spiro atoms. The van der Waals surface area contributed by atoms with Gasteiger partial charge in [-0.25, -0.2) is 9.97 Å². The van der Waals surface area contributed by atoms with Crippen LogP contribution in [0.15, 0.2) is 47.6 Å². The first-order valence-electron chi connectivity index (χ1n) is 9.87. The highest BCUT2D eigenvalue weighted by molar-refractivity contribution is 14.0. The molecule has 7 nitrogen and oxygen atoms in total. The van der Waals surface area contributed by atoms with E-state index < -0.39 is 11.9 Å². The van der Waals surface area contributed by atoms with Gasteiger partial charge in [0.15, 0.2) is 5.96 Å². The second-order valence-electron chi connectivity index (χ2n) is 6.93. The van der Waals surface area contributed by atoms with Gasteiger partial charge in [0.1, 0.15) is 5.69 Å². The summed E-state index contributed by atoms with van der Waals surface area (Å²) in [6.45, 7) is 2.75. The van der Waals surface area contributed by atoms with E-state index in [2.05, 4.69) is 47.9 Å². The molecular weight excluding hydrogens is 522 g/mol. The molecule has 0 unspecified atom stereocenters. The molecular formula is C20H27F3IN7. The number of alkyl halides is 3. The van der Waals surface area contributed by atoms with Crippen LogP contribution in [0.25, 0.3) is 0 Å². The predicted octanol–water partition coefficient (Wildman–Crippen LogP) is 3.36. The largest absolute Gasteiger partial charge is 0.433 e. The van der Waals surface area contributed by atoms with E-state index in [1.807, 2.05) is 18.2 Å². The van der Waals surface area contributed by atoms with E-state index in [0.29, 0.717) is 25.1 Å². The Balaban J connectivity index is 0.00000341. The summed E-state index contributed by atoms with van der Waals surface area (Å²) in [6.07, 6.45) is -1.41. The second-order valence-corrected chi connectivity index (χ2v) is 6.93. The Morgan fingerprint density at radius 1 is 1.13 bits per heavy atom. The van der Waals surface area contributed by atoms with Gasteiger partial charge in [0.25, 0.3) is 0 Å². The minimum absolute atomic E-state index is 0. The number of nitrogens with zero attached hydrogens (tertiary/aromatic N) is 4. The van der Waals surface area contributed by atoms with Crippen molar-refractivity contribution in [3.63, 3.8) is 0 Å². The van der Waals surface area contributed by atoms with E-state index in [9.17, 15) is 13.2 Å². The van der Waals surface area contributed by atoms with Crippen molar-refractivity contribution >= 4 is 41.6 Å². The lowest BCUT2D eigenvalue weighted by atomic mass is 10.0. The number of nitrogens with one attached hydrogen (secondary N) is 3. The monoisotopic (exact) mass is 549 g/mol. The standard InChI is InChI=1S/C20H26F3N7.HI/c1-24-18(26-11-12-27-19-25-10-7-17(29-19)20(21,22)23)28-15-8-13-30(14-9-15)16-5-3-2-4-6-16;/h2-7,10,15H,8-9,11-14H2,1H3,(H2,24,26,28)(H,25,27,29);1H. The van der Waals surface area contributed by atoms with E-state index in [0.717, 1.165) is 38.2 Å². The molecule has 31 heavy (non-hydrogen) atoms. The maximum atomic E-state index is 12.7. The Hall–Kier alpha value is -2.31. The fourth-order valence-corrected chi connectivity index (χ4v) is 3.27. The number of anilines is 2. The van der Waals surface area contributed by atoms with E-state index in [4.69, 9.17) is 0 Å². The van der Waals surface area contributed by atoms with Crippen LogP contribution in [0.4, 0.5) is 24.8 Å². The minimum atomic E-state index is -4.49. The molecule has 0 saturated carbocycles. The van der Waals surface area contributed by atoms with Crippen LogP contribution in [0, 0.1) is 0 Å². The van der Waals surface area contributed by atoms with Crippen LogP contribution in [-0.4, -0.2) is 55.2 Å². The van der Waals surface area contributed by atoms with Crippen molar-refractivity contribution in [2.45, 2.75) is 25.1 Å². The highest BCUT2D eigenvalue weighted by Crippen LogP contribution is 2.27. The molecule has 2 heterocycles. The summed E-state index contributed by atoms with van der Waals surface area (Å²) in [5, 5.41) is 9.36. The number of benzene rings is 1. The highest BCUT2D eigenvalue weighted by atomic mass is 127. The molecule has 0 atom stereocenters. The normalized spacial score (nSPS) is 15.2. The van der Waals surface area contributed by atoms with Crippen molar-refractivity contribution in [3.8, 4) is 0 Å². The molecule has 2 aromatic rings. The molecule has 0 bridgehead atoms. The van der Waals surface area contributed by atoms with Crippen LogP contribution in [0.3, 0.4) is 0 Å². The molecule has 1 aromatic carbocycles. The lowest BCUT2D eigenvalue weighted by Crippen LogP contribution is -2.49. The van der Waals surface area contributed by atoms with Gasteiger partial charge in [-0.1, -0.05) is 18.2 Å². The summed E-state index contributed by atoms with van der Waals surface area (Å²) >= 11 is 0. The number of guanidine groups is 1. The third-order valence-corrected chi connectivity index (χ3v) is 4.83. The lowest BCUT2D eigenvalue weighted by Gasteiger charge is -2.34. The second kappa shape index (κ2) is 11.9.